The first-order chi connectivity index (χ1) is 16.4. The molecule has 0 atom stereocenters. The van der Waals surface area contributed by atoms with Gasteiger partial charge in [0.15, 0.2) is 0 Å². The Kier molecular flexibility index (Phi) is 6.52. The molecule has 2 N–H and O–H groups in total. The van der Waals surface area contributed by atoms with Crippen LogP contribution in [0, 0.1) is 11.6 Å². The van der Waals surface area contributed by atoms with Crippen molar-refractivity contribution in [3.8, 4) is 0 Å². The van der Waals surface area contributed by atoms with E-state index >= 15 is 0 Å². The Labute approximate surface area is 209 Å². The number of hydrogen-bond donors (Lipinski definition) is 2. The summed E-state index contributed by atoms with van der Waals surface area (Å²) >= 11 is 14.0. The molecule has 0 saturated carbocycles. The van der Waals surface area contributed by atoms with Crippen LogP contribution >= 0.6 is 35.0 Å². The molecule has 0 aliphatic carbocycles. The maximum atomic E-state index is 14.5. The summed E-state index contributed by atoms with van der Waals surface area (Å²) in [5.74, 6) is -1.30. The number of aromatic nitrogens is 1. The number of rotatable bonds is 4. The van der Waals surface area contributed by atoms with Gasteiger partial charge in [-0.05, 0) is 30.3 Å². The van der Waals surface area contributed by atoms with Gasteiger partial charge in [-0.15, -0.1) is 0 Å². The fourth-order valence-corrected chi connectivity index (χ4v) is 5.49. The molecule has 176 valence electrons. The second kappa shape index (κ2) is 9.58. The molecule has 3 heterocycles. The van der Waals surface area contributed by atoms with Crippen LogP contribution in [0.5, 0.6) is 0 Å². The predicted octanol–water partition coefficient (Wildman–Crippen LogP) is 5.59. The van der Waals surface area contributed by atoms with Crippen LogP contribution in [0.1, 0.15) is 5.69 Å². The summed E-state index contributed by atoms with van der Waals surface area (Å²) in [6.07, 6.45) is 0. The number of amides is 2. The lowest BCUT2D eigenvalue weighted by atomic mass is 10.1. The van der Waals surface area contributed by atoms with E-state index in [0.29, 0.717) is 45.2 Å². The van der Waals surface area contributed by atoms with Gasteiger partial charge in [0.05, 0.1) is 39.3 Å². The number of para-hydroxylation sites is 1. The van der Waals surface area contributed by atoms with Crippen LogP contribution in [0.2, 0.25) is 10.0 Å². The molecule has 0 radical (unpaired) electrons. The van der Waals surface area contributed by atoms with Crippen LogP contribution < -0.4 is 20.4 Å². The summed E-state index contributed by atoms with van der Waals surface area (Å²) < 4.78 is 27.9. The van der Waals surface area contributed by atoms with Gasteiger partial charge in [0.1, 0.15) is 16.7 Å². The number of anilines is 3. The number of piperazine rings is 1. The van der Waals surface area contributed by atoms with Gasteiger partial charge >= 0.3 is 6.03 Å². The van der Waals surface area contributed by atoms with Crippen molar-refractivity contribution in [1.29, 1.82) is 0 Å². The Morgan fingerprint density at radius 1 is 1.00 bits per heavy atom. The molecule has 11 heteroatoms. The van der Waals surface area contributed by atoms with Crippen LogP contribution in [-0.4, -0.2) is 37.2 Å². The summed E-state index contributed by atoms with van der Waals surface area (Å²) in [5.41, 5.74) is 2.25. The van der Waals surface area contributed by atoms with Crippen molar-refractivity contribution < 1.29 is 13.6 Å². The maximum Gasteiger partial charge on any atom is 0.326 e. The third-order valence-electron chi connectivity index (χ3n) is 5.60. The molecule has 5 rings (SSSR count). The number of hydrogen-bond acceptors (Lipinski definition) is 5. The monoisotopic (exact) mass is 521 g/mol. The van der Waals surface area contributed by atoms with Crippen LogP contribution in [0.25, 0.3) is 0 Å². The zero-order chi connectivity index (χ0) is 23.8. The van der Waals surface area contributed by atoms with E-state index in [-0.39, 0.29) is 17.5 Å². The predicted molar refractivity (Wildman–Crippen MR) is 131 cm³/mol. The van der Waals surface area contributed by atoms with E-state index in [4.69, 9.17) is 28.2 Å². The maximum absolute atomic E-state index is 14.5. The minimum absolute atomic E-state index is 0.189. The third kappa shape index (κ3) is 4.40. The van der Waals surface area contributed by atoms with Crippen molar-refractivity contribution in [3.63, 3.8) is 0 Å². The summed E-state index contributed by atoms with van der Waals surface area (Å²) in [5, 5.41) is 7.32. The Balaban J connectivity index is 1.65. The lowest BCUT2D eigenvalue weighted by Crippen LogP contribution is -2.45. The lowest BCUT2D eigenvalue weighted by molar-refractivity contribution is 0.246. The molecule has 0 bridgehead atoms. The van der Waals surface area contributed by atoms with Gasteiger partial charge in [0, 0.05) is 37.1 Å². The van der Waals surface area contributed by atoms with Gasteiger partial charge in [-0.25, -0.2) is 18.6 Å². The molecule has 1 saturated heterocycles. The minimum Gasteiger partial charge on any atom is -0.367 e. The fourth-order valence-electron chi connectivity index (χ4n) is 3.98. The number of benzene rings is 2. The number of pyridine rings is 1. The van der Waals surface area contributed by atoms with Crippen LogP contribution in [0.4, 0.5) is 30.6 Å². The van der Waals surface area contributed by atoms with E-state index in [1.54, 1.807) is 18.2 Å². The molecule has 1 fully saturated rings. The van der Waals surface area contributed by atoms with Gasteiger partial charge in [0.25, 0.3) is 0 Å². The smallest absolute Gasteiger partial charge is 0.326 e. The van der Waals surface area contributed by atoms with Crippen molar-refractivity contribution in [2.24, 2.45) is 0 Å². The van der Waals surface area contributed by atoms with Gasteiger partial charge in [0.2, 0.25) is 0 Å². The highest BCUT2D eigenvalue weighted by Gasteiger charge is 2.32. The summed E-state index contributed by atoms with van der Waals surface area (Å²) in [6, 6.07) is 10.00. The average Bonchev–Trinajstić information content (AvgIpc) is 2.82. The minimum atomic E-state index is -0.659. The van der Waals surface area contributed by atoms with Gasteiger partial charge < -0.3 is 15.5 Å². The van der Waals surface area contributed by atoms with Crippen LogP contribution in [0.3, 0.4) is 0 Å². The highest BCUT2D eigenvalue weighted by Crippen LogP contribution is 2.44. The number of fused-ring (bicyclic) bond motifs is 1. The molecule has 0 unspecified atom stereocenters. The van der Waals surface area contributed by atoms with Crippen LogP contribution in [0.15, 0.2) is 52.4 Å². The zero-order valence-corrected chi connectivity index (χ0v) is 20.1. The Morgan fingerprint density at radius 2 is 1.74 bits per heavy atom. The number of halogens is 4. The summed E-state index contributed by atoms with van der Waals surface area (Å²) in [7, 11) is 0. The molecule has 34 heavy (non-hydrogen) atoms. The molecule has 1 aromatic heterocycles. The number of nitrogens with one attached hydrogen (secondary N) is 2. The SMILES string of the molecule is O=C1NCc2nc(Sc3ccc(F)cc3F)c(N3CCNCC3)cc2N1c1c(Cl)cccc1Cl. The molecule has 2 amide bonds. The van der Waals surface area contributed by atoms with Crippen molar-refractivity contribution in [3.05, 3.63) is 69.8 Å². The fraction of sp³-hybridized carbons (Fsp3) is 0.217. The van der Waals surface area contributed by atoms with E-state index in [1.807, 2.05) is 6.07 Å². The van der Waals surface area contributed by atoms with E-state index in [1.165, 1.54) is 17.0 Å². The first-order valence-corrected chi connectivity index (χ1v) is 12.1. The second-order valence-corrected chi connectivity index (χ2v) is 9.60. The second-order valence-electron chi connectivity index (χ2n) is 7.76. The normalized spacial score (nSPS) is 15.8. The quantitative estimate of drug-likeness (QED) is 0.468. The van der Waals surface area contributed by atoms with Crippen molar-refractivity contribution in [1.82, 2.24) is 15.6 Å². The van der Waals surface area contributed by atoms with Gasteiger partial charge in [-0.1, -0.05) is 41.0 Å². The van der Waals surface area contributed by atoms with E-state index < -0.39 is 11.6 Å². The third-order valence-corrected chi connectivity index (χ3v) is 7.25. The Morgan fingerprint density at radius 3 is 2.44 bits per heavy atom. The summed E-state index contributed by atoms with van der Waals surface area (Å²) in [6.45, 7) is 3.14. The van der Waals surface area contributed by atoms with E-state index in [0.717, 1.165) is 36.6 Å². The first-order valence-electron chi connectivity index (χ1n) is 10.6. The first kappa shape index (κ1) is 23.2. The van der Waals surface area contributed by atoms with Crippen molar-refractivity contribution in [2.45, 2.75) is 16.5 Å². The average molecular weight is 522 g/mol. The van der Waals surface area contributed by atoms with Crippen LogP contribution in [-0.2, 0) is 6.54 Å². The topological polar surface area (TPSA) is 60.5 Å². The largest absolute Gasteiger partial charge is 0.367 e. The number of carbonyl (C=O) groups is 1. The lowest BCUT2D eigenvalue weighted by Gasteiger charge is -2.35. The Bertz CT molecular complexity index is 1250. The molecule has 6 nitrogen and oxygen atoms in total. The highest BCUT2D eigenvalue weighted by atomic mass is 35.5. The standard InChI is InChI=1S/C23H19Cl2F2N5OS/c24-14-2-1-3-15(25)21(14)32-18-11-19(31-8-6-28-7-9-31)22(30-17(18)12-29-23(32)33)34-20-5-4-13(26)10-16(20)27/h1-5,10-11,28H,6-9,12H2,(H,29,33). The van der Waals surface area contributed by atoms with Gasteiger partial charge in [-0.2, -0.15) is 0 Å². The molecule has 2 aliphatic rings. The molecule has 3 aromatic rings. The van der Waals surface area contributed by atoms with Crippen molar-refractivity contribution in [2.75, 3.05) is 36.0 Å². The van der Waals surface area contributed by atoms with E-state index in [9.17, 15) is 13.6 Å². The number of nitrogens with zero attached hydrogens (tertiary/aromatic N) is 3. The van der Waals surface area contributed by atoms with E-state index in [2.05, 4.69) is 15.5 Å². The molecule has 2 aliphatic heterocycles. The highest BCUT2D eigenvalue weighted by molar-refractivity contribution is 7.99. The molecular weight excluding hydrogens is 503 g/mol. The molecule has 0 spiro atoms. The molecule has 2 aromatic carbocycles. The Hall–Kier alpha value is -2.59. The molecular formula is C23H19Cl2F2N5OS. The number of urea groups is 1. The zero-order valence-electron chi connectivity index (χ0n) is 17.7. The number of carbonyl (C=O) groups excluding carboxylic acids is 1. The van der Waals surface area contributed by atoms with Crippen molar-refractivity contribution >= 4 is 58.1 Å². The summed E-state index contributed by atoms with van der Waals surface area (Å²) in [4.78, 5) is 21.6. The van der Waals surface area contributed by atoms with Gasteiger partial charge in [-0.3, -0.25) is 4.90 Å².